The van der Waals surface area contributed by atoms with Crippen LogP contribution in [0.2, 0.25) is 5.02 Å². The van der Waals surface area contributed by atoms with E-state index in [9.17, 15) is 4.79 Å². The van der Waals surface area contributed by atoms with Gasteiger partial charge in [-0.15, -0.1) is 0 Å². The van der Waals surface area contributed by atoms with Crippen LogP contribution >= 0.6 is 27.5 Å². The minimum absolute atomic E-state index is 0.135. The molecule has 0 spiro atoms. The molecule has 2 rings (SSSR count). The van der Waals surface area contributed by atoms with Gasteiger partial charge in [0.1, 0.15) is 11.5 Å². The second-order valence-electron chi connectivity index (χ2n) is 4.31. The second-order valence-corrected chi connectivity index (χ2v) is 5.64. The fourth-order valence-corrected chi connectivity index (χ4v) is 2.17. The third-order valence-electron chi connectivity index (χ3n) is 2.80. The minimum atomic E-state index is -0.349. The van der Waals surface area contributed by atoms with Gasteiger partial charge in [-0.3, -0.25) is 4.79 Å². The number of carbonyl (C=O) groups excluding carboxylic acids is 1. The molecule has 0 fully saturated rings. The van der Waals surface area contributed by atoms with Crippen molar-refractivity contribution in [2.75, 3.05) is 5.73 Å². The van der Waals surface area contributed by atoms with Crippen molar-refractivity contribution in [3.05, 3.63) is 57.2 Å². The first-order chi connectivity index (χ1) is 9.47. The Kier molecular flexibility index (Phi) is 4.62. The quantitative estimate of drug-likeness (QED) is 0.885. The van der Waals surface area contributed by atoms with Crippen LogP contribution in [0.4, 0.5) is 5.82 Å². The molecular weight excluding hydrogens is 342 g/mol. The maximum atomic E-state index is 12.1. The molecule has 0 aliphatic carbocycles. The molecule has 0 saturated carbocycles. The number of anilines is 1. The number of pyridine rings is 1. The van der Waals surface area contributed by atoms with Crippen LogP contribution in [0.5, 0.6) is 0 Å². The highest BCUT2D eigenvalue weighted by Gasteiger charge is 2.16. The molecule has 2 aromatic rings. The lowest BCUT2D eigenvalue weighted by Crippen LogP contribution is -2.27. The molecule has 104 valence electrons. The van der Waals surface area contributed by atoms with Crippen molar-refractivity contribution >= 4 is 39.3 Å². The highest BCUT2D eigenvalue weighted by molar-refractivity contribution is 9.10. The number of aromatic nitrogens is 1. The molecular formula is C14H13BrClN3O. The number of amides is 1. The standard InChI is InChI=1S/C14H13BrClN3O/c1-8(9-2-4-10(15)5-3-9)18-14(20)13-11(16)6-7-12(17)19-13/h2-8H,1H3,(H2,17,19)(H,18,20). The monoisotopic (exact) mass is 353 g/mol. The van der Waals surface area contributed by atoms with Gasteiger partial charge in [0.15, 0.2) is 0 Å². The van der Waals surface area contributed by atoms with Gasteiger partial charge in [0.2, 0.25) is 0 Å². The van der Waals surface area contributed by atoms with E-state index in [1.165, 1.54) is 0 Å². The van der Waals surface area contributed by atoms with Crippen molar-refractivity contribution in [3.8, 4) is 0 Å². The van der Waals surface area contributed by atoms with Crippen LogP contribution in [0, 0.1) is 0 Å². The van der Waals surface area contributed by atoms with Gasteiger partial charge in [-0.25, -0.2) is 4.98 Å². The Bertz CT molecular complexity index is 631. The Labute approximate surface area is 130 Å². The molecule has 0 bridgehead atoms. The van der Waals surface area contributed by atoms with Crippen LogP contribution in [0.25, 0.3) is 0 Å². The molecule has 1 unspecified atom stereocenters. The van der Waals surface area contributed by atoms with Gasteiger partial charge in [-0.2, -0.15) is 0 Å². The summed E-state index contributed by atoms with van der Waals surface area (Å²) in [7, 11) is 0. The molecule has 1 amide bonds. The smallest absolute Gasteiger partial charge is 0.271 e. The van der Waals surface area contributed by atoms with E-state index in [4.69, 9.17) is 17.3 Å². The Morgan fingerprint density at radius 2 is 1.95 bits per heavy atom. The van der Waals surface area contributed by atoms with E-state index in [0.717, 1.165) is 10.0 Å². The molecule has 0 radical (unpaired) electrons. The van der Waals surface area contributed by atoms with Crippen molar-refractivity contribution in [2.45, 2.75) is 13.0 Å². The third-order valence-corrected chi connectivity index (χ3v) is 3.63. The second kappa shape index (κ2) is 6.24. The number of nitrogen functional groups attached to an aromatic ring is 1. The van der Waals surface area contributed by atoms with E-state index < -0.39 is 0 Å². The fraction of sp³-hybridized carbons (Fsp3) is 0.143. The van der Waals surface area contributed by atoms with E-state index in [-0.39, 0.29) is 28.5 Å². The molecule has 1 aromatic heterocycles. The number of hydrogen-bond donors (Lipinski definition) is 2. The lowest BCUT2D eigenvalue weighted by atomic mass is 10.1. The summed E-state index contributed by atoms with van der Waals surface area (Å²) in [6.45, 7) is 1.89. The highest BCUT2D eigenvalue weighted by Crippen LogP contribution is 2.19. The van der Waals surface area contributed by atoms with Gasteiger partial charge in [-0.05, 0) is 36.8 Å². The lowest BCUT2D eigenvalue weighted by Gasteiger charge is -2.14. The fourth-order valence-electron chi connectivity index (χ4n) is 1.72. The van der Waals surface area contributed by atoms with E-state index in [0.29, 0.717) is 0 Å². The minimum Gasteiger partial charge on any atom is -0.384 e. The third kappa shape index (κ3) is 3.49. The summed E-state index contributed by atoms with van der Waals surface area (Å²) in [6, 6.07) is 10.7. The van der Waals surface area contributed by atoms with Crippen molar-refractivity contribution < 1.29 is 4.79 Å². The van der Waals surface area contributed by atoms with Crippen molar-refractivity contribution in [1.82, 2.24) is 10.3 Å². The molecule has 6 heteroatoms. The molecule has 0 saturated heterocycles. The predicted octanol–water partition coefficient (Wildman–Crippen LogP) is 3.57. The molecule has 1 heterocycles. The first-order valence-corrected chi connectivity index (χ1v) is 7.13. The number of carbonyl (C=O) groups is 1. The van der Waals surface area contributed by atoms with E-state index in [1.54, 1.807) is 12.1 Å². The van der Waals surface area contributed by atoms with Crippen LogP contribution in [-0.2, 0) is 0 Å². The zero-order valence-electron chi connectivity index (χ0n) is 10.7. The van der Waals surface area contributed by atoms with Gasteiger partial charge in [0.25, 0.3) is 5.91 Å². The van der Waals surface area contributed by atoms with Gasteiger partial charge in [0.05, 0.1) is 11.1 Å². The Hall–Kier alpha value is -1.59. The summed E-state index contributed by atoms with van der Waals surface area (Å²) in [5.41, 5.74) is 6.69. The number of halogens is 2. The Balaban J connectivity index is 2.15. The predicted molar refractivity (Wildman–Crippen MR) is 83.7 cm³/mol. The zero-order chi connectivity index (χ0) is 14.7. The van der Waals surface area contributed by atoms with Crippen LogP contribution in [0.15, 0.2) is 40.9 Å². The van der Waals surface area contributed by atoms with Crippen molar-refractivity contribution in [2.24, 2.45) is 0 Å². The molecule has 4 nitrogen and oxygen atoms in total. The Morgan fingerprint density at radius 1 is 1.30 bits per heavy atom. The molecule has 1 aromatic carbocycles. The summed E-state index contributed by atoms with van der Waals surface area (Å²) < 4.78 is 0.986. The largest absolute Gasteiger partial charge is 0.384 e. The van der Waals surface area contributed by atoms with Crippen molar-refractivity contribution in [1.29, 1.82) is 0 Å². The average Bonchev–Trinajstić information content (AvgIpc) is 2.42. The molecule has 0 aliphatic rings. The van der Waals surface area contributed by atoms with Crippen LogP contribution < -0.4 is 11.1 Å². The molecule has 0 aliphatic heterocycles. The van der Waals surface area contributed by atoms with Crippen LogP contribution in [0.1, 0.15) is 29.0 Å². The number of nitrogens with two attached hydrogens (primary N) is 1. The number of benzene rings is 1. The Morgan fingerprint density at radius 3 is 2.60 bits per heavy atom. The zero-order valence-corrected chi connectivity index (χ0v) is 13.1. The number of nitrogens with zero attached hydrogens (tertiary/aromatic N) is 1. The topological polar surface area (TPSA) is 68.0 Å². The summed E-state index contributed by atoms with van der Waals surface area (Å²) in [5.74, 6) is -0.0893. The number of hydrogen-bond acceptors (Lipinski definition) is 3. The van der Waals surface area contributed by atoms with Crippen LogP contribution in [-0.4, -0.2) is 10.9 Å². The highest BCUT2D eigenvalue weighted by atomic mass is 79.9. The molecule has 1 atom stereocenters. The average molecular weight is 355 g/mol. The maximum absolute atomic E-state index is 12.1. The summed E-state index contributed by atoms with van der Waals surface area (Å²) in [4.78, 5) is 16.1. The normalized spacial score (nSPS) is 11.9. The van der Waals surface area contributed by atoms with Crippen molar-refractivity contribution in [3.63, 3.8) is 0 Å². The SMILES string of the molecule is CC(NC(=O)c1nc(N)ccc1Cl)c1ccc(Br)cc1. The lowest BCUT2D eigenvalue weighted by molar-refractivity contribution is 0.0935. The first-order valence-electron chi connectivity index (χ1n) is 5.95. The molecule has 20 heavy (non-hydrogen) atoms. The number of rotatable bonds is 3. The summed E-state index contributed by atoms with van der Waals surface area (Å²) in [6.07, 6.45) is 0. The van der Waals surface area contributed by atoms with Gasteiger partial charge in [-0.1, -0.05) is 39.7 Å². The summed E-state index contributed by atoms with van der Waals surface area (Å²) in [5, 5.41) is 3.12. The molecule has 3 N–H and O–H groups in total. The van der Waals surface area contributed by atoms with E-state index in [1.807, 2.05) is 31.2 Å². The van der Waals surface area contributed by atoms with E-state index >= 15 is 0 Å². The van der Waals surface area contributed by atoms with Gasteiger partial charge in [0, 0.05) is 4.47 Å². The maximum Gasteiger partial charge on any atom is 0.271 e. The number of nitrogens with one attached hydrogen (secondary N) is 1. The summed E-state index contributed by atoms with van der Waals surface area (Å²) >= 11 is 9.33. The van der Waals surface area contributed by atoms with Gasteiger partial charge < -0.3 is 11.1 Å². The first kappa shape index (κ1) is 14.8. The van der Waals surface area contributed by atoms with Crippen LogP contribution in [0.3, 0.4) is 0 Å². The van der Waals surface area contributed by atoms with E-state index in [2.05, 4.69) is 26.2 Å². The van der Waals surface area contributed by atoms with Gasteiger partial charge >= 0.3 is 0 Å².